The zero-order valence-electron chi connectivity index (χ0n) is 14.4. The van der Waals surface area contributed by atoms with Crippen LogP contribution in [0.25, 0.3) is 0 Å². The van der Waals surface area contributed by atoms with Crippen molar-refractivity contribution in [3.05, 3.63) is 28.8 Å². The van der Waals surface area contributed by atoms with Crippen LogP contribution in [0.5, 0.6) is 5.75 Å². The van der Waals surface area contributed by atoms with E-state index in [2.05, 4.69) is 31.6 Å². The van der Waals surface area contributed by atoms with Crippen LogP contribution in [0.2, 0.25) is 0 Å². The molecule has 1 rings (SSSR count). The molecule has 0 unspecified atom stereocenters. The zero-order chi connectivity index (χ0) is 16.9. The molecule has 0 aliphatic heterocycles. The third kappa shape index (κ3) is 4.58. The number of hydrogen-bond acceptors (Lipinski definition) is 4. The Labute approximate surface area is 132 Å². The first-order valence-electron chi connectivity index (χ1n) is 7.49. The normalized spacial score (nSPS) is 11.2. The Morgan fingerprint density at radius 2 is 1.73 bits per heavy atom. The van der Waals surface area contributed by atoms with E-state index < -0.39 is 0 Å². The molecular formula is C18H26O4. The van der Waals surface area contributed by atoms with Crippen LogP contribution in [-0.4, -0.2) is 26.0 Å². The summed E-state index contributed by atoms with van der Waals surface area (Å²) < 4.78 is 10.1. The number of carbonyl (C=O) groups is 2. The standard InChI is InChI=1S/C18H26O4/c1-12-10-13(15(19)8-7-9-16(20)21-5)17(22-6)14(11-12)18(2,3)4/h10-11H,7-9H2,1-6H3. The van der Waals surface area contributed by atoms with Crippen LogP contribution in [0.1, 0.15) is 61.5 Å². The summed E-state index contributed by atoms with van der Waals surface area (Å²) in [5.74, 6) is 0.343. The van der Waals surface area contributed by atoms with Gasteiger partial charge in [-0.3, -0.25) is 9.59 Å². The minimum atomic E-state index is -0.292. The number of ketones is 1. The average molecular weight is 306 g/mol. The van der Waals surface area contributed by atoms with Gasteiger partial charge in [0, 0.05) is 18.4 Å². The third-order valence-electron chi connectivity index (χ3n) is 3.56. The fraction of sp³-hybridized carbons (Fsp3) is 0.556. The van der Waals surface area contributed by atoms with Crippen molar-refractivity contribution in [3.63, 3.8) is 0 Å². The molecule has 0 atom stereocenters. The van der Waals surface area contributed by atoms with E-state index in [9.17, 15) is 9.59 Å². The van der Waals surface area contributed by atoms with Gasteiger partial charge in [0.25, 0.3) is 0 Å². The fourth-order valence-electron chi connectivity index (χ4n) is 2.39. The van der Waals surface area contributed by atoms with Crippen LogP contribution in [0.4, 0.5) is 0 Å². The highest BCUT2D eigenvalue weighted by molar-refractivity contribution is 5.99. The topological polar surface area (TPSA) is 52.6 Å². The maximum absolute atomic E-state index is 12.5. The lowest BCUT2D eigenvalue weighted by atomic mass is 9.83. The van der Waals surface area contributed by atoms with Gasteiger partial charge in [-0.05, 0) is 30.4 Å². The molecule has 1 aromatic carbocycles. The largest absolute Gasteiger partial charge is 0.496 e. The van der Waals surface area contributed by atoms with Gasteiger partial charge < -0.3 is 9.47 Å². The number of aryl methyl sites for hydroxylation is 1. The lowest BCUT2D eigenvalue weighted by Crippen LogP contribution is -2.16. The summed E-state index contributed by atoms with van der Waals surface area (Å²) in [6.07, 6.45) is 1.04. The summed E-state index contributed by atoms with van der Waals surface area (Å²) in [4.78, 5) is 23.6. The lowest BCUT2D eigenvalue weighted by Gasteiger charge is -2.24. The van der Waals surface area contributed by atoms with Crippen molar-refractivity contribution in [3.8, 4) is 5.75 Å². The van der Waals surface area contributed by atoms with Crippen molar-refractivity contribution in [2.24, 2.45) is 0 Å². The van der Waals surface area contributed by atoms with Gasteiger partial charge in [0.05, 0.1) is 19.8 Å². The summed E-state index contributed by atoms with van der Waals surface area (Å²) in [7, 11) is 2.94. The Kier molecular flexibility index (Phi) is 6.15. The van der Waals surface area contributed by atoms with Crippen LogP contribution in [0.3, 0.4) is 0 Å². The zero-order valence-corrected chi connectivity index (χ0v) is 14.4. The summed E-state index contributed by atoms with van der Waals surface area (Å²) in [5, 5.41) is 0. The molecule has 0 N–H and O–H groups in total. The number of hydrogen-bond donors (Lipinski definition) is 0. The molecule has 22 heavy (non-hydrogen) atoms. The second kappa shape index (κ2) is 7.43. The minimum Gasteiger partial charge on any atom is -0.496 e. The van der Waals surface area contributed by atoms with E-state index in [0.29, 0.717) is 24.2 Å². The van der Waals surface area contributed by atoms with Gasteiger partial charge in [-0.1, -0.05) is 26.8 Å². The summed E-state index contributed by atoms with van der Waals surface area (Å²) in [6.45, 7) is 8.25. The monoisotopic (exact) mass is 306 g/mol. The van der Waals surface area contributed by atoms with Gasteiger partial charge in [-0.2, -0.15) is 0 Å². The second-order valence-corrected chi connectivity index (χ2v) is 6.50. The average Bonchev–Trinajstić information content (AvgIpc) is 2.44. The molecular weight excluding hydrogens is 280 g/mol. The maximum Gasteiger partial charge on any atom is 0.305 e. The van der Waals surface area contributed by atoms with E-state index in [1.807, 2.05) is 13.0 Å². The van der Waals surface area contributed by atoms with Crippen LogP contribution in [-0.2, 0) is 14.9 Å². The van der Waals surface area contributed by atoms with E-state index in [4.69, 9.17) is 4.74 Å². The van der Waals surface area contributed by atoms with E-state index in [1.165, 1.54) is 7.11 Å². The van der Waals surface area contributed by atoms with Crippen molar-refractivity contribution in [1.29, 1.82) is 0 Å². The molecule has 0 bridgehead atoms. The van der Waals surface area contributed by atoms with Gasteiger partial charge in [0.1, 0.15) is 5.75 Å². The highest BCUT2D eigenvalue weighted by Gasteiger charge is 2.24. The van der Waals surface area contributed by atoms with Gasteiger partial charge in [0.2, 0.25) is 0 Å². The smallest absolute Gasteiger partial charge is 0.305 e. The Hall–Kier alpha value is -1.84. The molecule has 0 amide bonds. The molecule has 122 valence electrons. The van der Waals surface area contributed by atoms with Crippen molar-refractivity contribution < 1.29 is 19.1 Å². The molecule has 4 heteroatoms. The first-order valence-corrected chi connectivity index (χ1v) is 7.49. The Morgan fingerprint density at radius 1 is 1.09 bits per heavy atom. The number of carbonyl (C=O) groups excluding carboxylic acids is 2. The number of methoxy groups -OCH3 is 2. The van der Waals surface area contributed by atoms with E-state index in [1.54, 1.807) is 7.11 Å². The number of esters is 1. The summed E-state index contributed by atoms with van der Waals surface area (Å²) in [5.41, 5.74) is 2.53. The predicted molar refractivity (Wildman–Crippen MR) is 86.6 cm³/mol. The van der Waals surface area contributed by atoms with Crippen LogP contribution < -0.4 is 4.74 Å². The van der Waals surface area contributed by atoms with Crippen LogP contribution in [0.15, 0.2) is 12.1 Å². The van der Waals surface area contributed by atoms with Gasteiger partial charge >= 0.3 is 5.97 Å². The predicted octanol–water partition coefficient (Wildman–Crippen LogP) is 3.83. The van der Waals surface area contributed by atoms with Gasteiger partial charge in [-0.15, -0.1) is 0 Å². The van der Waals surface area contributed by atoms with Crippen molar-refractivity contribution in [2.75, 3.05) is 14.2 Å². The SMILES string of the molecule is COC(=O)CCCC(=O)c1cc(C)cc(C(C)(C)C)c1OC. The van der Waals surface area contributed by atoms with Gasteiger partial charge in [0.15, 0.2) is 5.78 Å². The number of benzene rings is 1. The van der Waals surface area contributed by atoms with Crippen molar-refractivity contribution in [1.82, 2.24) is 0 Å². The van der Waals surface area contributed by atoms with Crippen LogP contribution >= 0.6 is 0 Å². The molecule has 0 spiro atoms. The highest BCUT2D eigenvalue weighted by atomic mass is 16.5. The van der Waals surface area contributed by atoms with E-state index in [-0.39, 0.29) is 23.6 Å². The van der Waals surface area contributed by atoms with Gasteiger partial charge in [-0.25, -0.2) is 0 Å². The molecule has 1 aromatic rings. The van der Waals surface area contributed by atoms with Crippen molar-refractivity contribution >= 4 is 11.8 Å². The number of rotatable bonds is 6. The minimum absolute atomic E-state index is 0.00467. The molecule has 0 heterocycles. The Bertz CT molecular complexity index is 553. The van der Waals surface area contributed by atoms with E-state index >= 15 is 0 Å². The van der Waals surface area contributed by atoms with Crippen LogP contribution in [0, 0.1) is 6.92 Å². The first-order chi connectivity index (χ1) is 10.2. The molecule has 0 saturated carbocycles. The Balaban J connectivity index is 3.05. The molecule has 0 radical (unpaired) electrons. The first kappa shape index (κ1) is 18.2. The third-order valence-corrected chi connectivity index (χ3v) is 3.56. The molecule has 0 saturated heterocycles. The Morgan fingerprint density at radius 3 is 2.23 bits per heavy atom. The summed E-state index contributed by atoms with van der Waals surface area (Å²) in [6, 6.07) is 3.92. The molecule has 0 aromatic heterocycles. The molecule has 0 aliphatic rings. The maximum atomic E-state index is 12.5. The number of ether oxygens (including phenoxy) is 2. The fourth-order valence-corrected chi connectivity index (χ4v) is 2.39. The highest BCUT2D eigenvalue weighted by Crippen LogP contribution is 2.35. The van der Waals surface area contributed by atoms with Crippen molar-refractivity contribution in [2.45, 2.75) is 52.4 Å². The number of Topliss-reactive ketones (excluding diaryl/α,β-unsaturated/α-hetero) is 1. The molecule has 0 fully saturated rings. The molecule has 4 nitrogen and oxygen atoms in total. The second-order valence-electron chi connectivity index (χ2n) is 6.50. The van der Waals surface area contributed by atoms with E-state index in [0.717, 1.165) is 11.1 Å². The lowest BCUT2D eigenvalue weighted by molar-refractivity contribution is -0.140. The molecule has 0 aliphatic carbocycles. The summed E-state index contributed by atoms with van der Waals surface area (Å²) >= 11 is 0. The quantitative estimate of drug-likeness (QED) is 0.592.